The molecule has 2 saturated heterocycles. The number of hydrogen-bond donors (Lipinski definition) is 2. The second-order valence-corrected chi connectivity index (χ2v) is 10.9. The summed E-state index contributed by atoms with van der Waals surface area (Å²) in [6.45, 7) is 2.84. The van der Waals surface area contributed by atoms with Crippen LogP contribution in [0, 0.1) is 12.7 Å². The predicted octanol–water partition coefficient (Wildman–Crippen LogP) is 4.32. The number of rotatable bonds is 5. The van der Waals surface area contributed by atoms with E-state index < -0.39 is 17.9 Å². The van der Waals surface area contributed by atoms with Crippen LogP contribution in [-0.2, 0) is 0 Å². The Balaban J connectivity index is 1.36. The van der Waals surface area contributed by atoms with Gasteiger partial charge in [-0.1, -0.05) is 6.07 Å². The van der Waals surface area contributed by atoms with Gasteiger partial charge in [0.25, 0.3) is 11.5 Å². The van der Waals surface area contributed by atoms with E-state index in [4.69, 9.17) is 9.97 Å². The van der Waals surface area contributed by atoms with Gasteiger partial charge in [0.15, 0.2) is 0 Å². The van der Waals surface area contributed by atoms with Crippen LogP contribution in [0.25, 0.3) is 28.0 Å². The fourth-order valence-electron chi connectivity index (χ4n) is 5.63. The zero-order chi connectivity index (χ0) is 26.8. The Morgan fingerprint density at radius 2 is 1.92 bits per heavy atom. The van der Waals surface area contributed by atoms with Crippen LogP contribution in [0.2, 0.25) is 0 Å². The number of benzene rings is 1. The van der Waals surface area contributed by atoms with Crippen LogP contribution >= 0.6 is 0 Å². The molecule has 1 saturated carbocycles. The van der Waals surface area contributed by atoms with E-state index in [0.29, 0.717) is 28.0 Å². The van der Waals surface area contributed by atoms with Crippen molar-refractivity contribution in [2.24, 2.45) is 0 Å². The number of carbonyl (C=O) groups excluding carboxylic acids is 1. The normalized spacial score (nSPS) is 19.6. The number of nitrogens with one attached hydrogen (secondary N) is 2. The van der Waals surface area contributed by atoms with Gasteiger partial charge in [0.1, 0.15) is 29.1 Å². The molecule has 0 radical (unpaired) electrons. The van der Waals surface area contributed by atoms with Gasteiger partial charge in [-0.2, -0.15) is 0 Å². The summed E-state index contributed by atoms with van der Waals surface area (Å²) >= 11 is 0. The molecule has 1 amide bonds. The molecule has 1 atom stereocenters. The number of imidazole rings is 1. The van der Waals surface area contributed by atoms with E-state index in [1.54, 1.807) is 18.3 Å². The number of hydrogen-bond acceptors (Lipinski definition) is 5. The number of likely N-dealkylation sites (tertiary alicyclic amines) is 1. The third kappa shape index (κ3) is 4.23. The minimum atomic E-state index is -1.06. The first kappa shape index (κ1) is 24.1. The summed E-state index contributed by atoms with van der Waals surface area (Å²) in [4.78, 5) is 41.1. The quantitative estimate of drug-likeness (QED) is 0.401. The highest BCUT2D eigenvalue weighted by Crippen LogP contribution is 2.41. The summed E-state index contributed by atoms with van der Waals surface area (Å²) in [7, 11) is 0. The number of amides is 1. The van der Waals surface area contributed by atoms with E-state index in [1.807, 2.05) is 13.0 Å². The molecule has 1 aromatic carbocycles. The number of aryl methyl sites for hydroxylation is 1. The first-order valence-corrected chi connectivity index (χ1v) is 13.5. The van der Waals surface area contributed by atoms with E-state index in [1.165, 1.54) is 21.6 Å². The molecule has 5 heterocycles. The Morgan fingerprint density at radius 1 is 1.10 bits per heavy atom. The Labute approximate surface area is 223 Å². The smallest absolute Gasteiger partial charge is 0.282 e. The molecule has 2 aliphatic heterocycles. The third-order valence-electron chi connectivity index (χ3n) is 7.96. The van der Waals surface area contributed by atoms with Gasteiger partial charge >= 0.3 is 0 Å². The van der Waals surface area contributed by atoms with Gasteiger partial charge in [0.05, 0.1) is 30.2 Å². The van der Waals surface area contributed by atoms with Crippen molar-refractivity contribution in [3.05, 3.63) is 75.3 Å². The third-order valence-corrected chi connectivity index (χ3v) is 7.96. The van der Waals surface area contributed by atoms with Crippen LogP contribution in [0.4, 0.5) is 8.78 Å². The maximum atomic E-state index is 14.3. The Bertz CT molecular complexity index is 1680. The summed E-state index contributed by atoms with van der Waals surface area (Å²) in [6.07, 6.45) is 4.69. The van der Waals surface area contributed by atoms with Crippen molar-refractivity contribution in [1.82, 2.24) is 29.7 Å². The van der Waals surface area contributed by atoms with Crippen molar-refractivity contribution in [2.45, 2.75) is 50.7 Å². The topological polar surface area (TPSA) is 95.9 Å². The van der Waals surface area contributed by atoms with Gasteiger partial charge in [-0.05, 0) is 80.1 Å². The lowest BCUT2D eigenvalue weighted by Gasteiger charge is -2.34. The highest BCUT2D eigenvalue weighted by molar-refractivity contribution is 6.01. The molecule has 3 aliphatic rings. The number of fused-ring (bicyclic) bond motifs is 1. The van der Waals surface area contributed by atoms with Crippen molar-refractivity contribution in [2.75, 3.05) is 19.6 Å². The number of aromatic nitrogens is 4. The van der Waals surface area contributed by atoms with E-state index in [9.17, 15) is 18.4 Å². The van der Waals surface area contributed by atoms with Crippen LogP contribution < -0.4 is 10.9 Å². The van der Waals surface area contributed by atoms with Crippen LogP contribution in [0.5, 0.6) is 0 Å². The number of aromatic amines is 1. The van der Waals surface area contributed by atoms with Gasteiger partial charge in [0.2, 0.25) is 0 Å². The molecule has 0 spiro atoms. The lowest BCUT2D eigenvalue weighted by Crippen LogP contribution is -2.51. The van der Waals surface area contributed by atoms with E-state index in [-0.39, 0.29) is 36.2 Å². The van der Waals surface area contributed by atoms with Crippen LogP contribution in [0.1, 0.15) is 65.1 Å². The maximum absolute atomic E-state index is 14.3. The summed E-state index contributed by atoms with van der Waals surface area (Å²) in [6, 6.07) is 7.84. The maximum Gasteiger partial charge on any atom is 0.282 e. The molecule has 1 unspecified atom stereocenters. The summed E-state index contributed by atoms with van der Waals surface area (Å²) in [5, 5.41) is 3.42. The number of H-pyrrole nitrogens is 1. The van der Waals surface area contributed by atoms with Crippen molar-refractivity contribution >= 4 is 16.9 Å². The molecule has 3 aromatic heterocycles. The molecule has 10 heteroatoms. The van der Waals surface area contributed by atoms with Crippen LogP contribution in [0.3, 0.4) is 0 Å². The van der Waals surface area contributed by atoms with Crippen molar-refractivity contribution in [1.29, 1.82) is 0 Å². The lowest BCUT2D eigenvalue weighted by atomic mass is 9.96. The van der Waals surface area contributed by atoms with Gasteiger partial charge in [-0.25, -0.2) is 18.7 Å². The van der Waals surface area contributed by atoms with Crippen molar-refractivity contribution in [3.63, 3.8) is 0 Å². The van der Waals surface area contributed by atoms with Gasteiger partial charge in [0, 0.05) is 17.8 Å². The molecule has 1 aliphatic carbocycles. The summed E-state index contributed by atoms with van der Waals surface area (Å²) in [5.74, 6) is 0.496. The van der Waals surface area contributed by atoms with Gasteiger partial charge < -0.3 is 15.2 Å². The lowest BCUT2D eigenvalue weighted by molar-refractivity contribution is 0.0400. The molecule has 8 nitrogen and oxygen atoms in total. The summed E-state index contributed by atoms with van der Waals surface area (Å²) < 4.78 is 29.3. The zero-order valence-electron chi connectivity index (χ0n) is 21.5. The molecule has 4 aromatic rings. The van der Waals surface area contributed by atoms with E-state index >= 15 is 0 Å². The number of alkyl halides is 1. The minimum absolute atomic E-state index is 0.000931. The largest absolute Gasteiger partial charge is 0.336 e. The van der Waals surface area contributed by atoms with Gasteiger partial charge in [-0.15, -0.1) is 0 Å². The average Bonchev–Trinajstić information content (AvgIpc) is 3.42. The standard InChI is InChI=1S/C29H28F2N6O2/c1-15-12-37(29(39)26-25(15)34-27(35-26)22-3-2-8-32-22)24-10-17(9-23(33-24)16-4-5-16)20-7-6-18(30)11-21(20)28(38)36-13-19(31)14-36/h6-7,9-12,16,19,22,32H,2-5,8,13-14H2,1H3,(H,34,35). The van der Waals surface area contributed by atoms with Gasteiger partial charge in [-0.3, -0.25) is 14.2 Å². The number of halogens is 2. The highest BCUT2D eigenvalue weighted by atomic mass is 19.1. The van der Waals surface area contributed by atoms with Crippen molar-refractivity contribution < 1.29 is 13.6 Å². The predicted molar refractivity (Wildman–Crippen MR) is 142 cm³/mol. The molecule has 39 heavy (non-hydrogen) atoms. The van der Waals surface area contributed by atoms with E-state index in [0.717, 1.165) is 49.3 Å². The fraction of sp³-hybridized carbons (Fsp3) is 0.379. The Hall–Kier alpha value is -3.92. The molecule has 7 rings (SSSR count). The first-order valence-electron chi connectivity index (χ1n) is 13.5. The second kappa shape index (κ2) is 9.08. The van der Waals surface area contributed by atoms with Crippen LogP contribution in [0.15, 0.2) is 41.3 Å². The zero-order valence-corrected chi connectivity index (χ0v) is 21.5. The molecule has 2 N–H and O–H groups in total. The van der Waals surface area contributed by atoms with Crippen molar-refractivity contribution in [3.8, 4) is 16.9 Å². The number of nitrogens with zero attached hydrogens (tertiary/aromatic N) is 4. The summed E-state index contributed by atoms with van der Waals surface area (Å²) in [5.41, 5.74) is 3.82. The Morgan fingerprint density at radius 3 is 2.64 bits per heavy atom. The highest BCUT2D eigenvalue weighted by Gasteiger charge is 2.33. The fourth-order valence-corrected chi connectivity index (χ4v) is 5.63. The second-order valence-electron chi connectivity index (χ2n) is 10.9. The first-order chi connectivity index (χ1) is 18.9. The molecular formula is C29H28F2N6O2. The molecule has 0 bridgehead atoms. The van der Waals surface area contributed by atoms with Crippen LogP contribution in [-0.4, -0.2) is 56.1 Å². The minimum Gasteiger partial charge on any atom is -0.336 e. The number of pyridine rings is 2. The molecule has 3 fully saturated rings. The molecule has 200 valence electrons. The number of carbonyl (C=O) groups is 1. The SMILES string of the molecule is Cc1cn(-c2cc(-c3ccc(F)cc3C(=O)N3CC(F)C3)cc(C3CC3)n2)c(=O)c2[nH]c(C3CCCN3)nc12. The average molecular weight is 531 g/mol. The Kier molecular flexibility index (Phi) is 5.62. The molecular weight excluding hydrogens is 502 g/mol. The van der Waals surface area contributed by atoms with E-state index in [2.05, 4.69) is 10.3 Å². The monoisotopic (exact) mass is 530 g/mol.